The van der Waals surface area contributed by atoms with Crippen LogP contribution in [-0.4, -0.2) is 18.2 Å². The van der Waals surface area contributed by atoms with Crippen molar-refractivity contribution in [2.75, 3.05) is 0 Å². The van der Waals surface area contributed by atoms with Crippen molar-refractivity contribution < 1.29 is 27.8 Å². The topological polar surface area (TPSA) is 49.4 Å². The van der Waals surface area contributed by atoms with Crippen molar-refractivity contribution in [2.45, 2.75) is 38.5 Å². The van der Waals surface area contributed by atoms with Crippen LogP contribution in [0.25, 0.3) is 6.08 Å². The molecule has 0 saturated carbocycles. The summed E-state index contributed by atoms with van der Waals surface area (Å²) in [5.41, 5.74) is -0.585. The maximum atomic E-state index is 13.0. The molecule has 0 radical (unpaired) electrons. The first-order chi connectivity index (χ1) is 9.91. The number of hydrogen-bond donors (Lipinski definition) is 0. The molecule has 1 aliphatic rings. The van der Waals surface area contributed by atoms with Crippen molar-refractivity contribution in [3.8, 4) is 5.75 Å². The Hall–Kier alpha value is -1.69. The minimum atomic E-state index is -4.86. The second-order valence-electron chi connectivity index (χ2n) is 6.05. The number of alkyl halides is 3. The number of carboxylic acid groups (broad SMARTS) is 1. The van der Waals surface area contributed by atoms with Crippen molar-refractivity contribution in [2.24, 2.45) is 0 Å². The van der Waals surface area contributed by atoms with Gasteiger partial charge in [-0.05, 0) is 29.2 Å². The summed E-state index contributed by atoms with van der Waals surface area (Å²) in [6.45, 7) is 5.56. The number of fused-ring (bicyclic) bond motifs is 1. The summed E-state index contributed by atoms with van der Waals surface area (Å²) in [6, 6.07) is 2.81. The average Bonchev–Trinajstić information content (AvgIpc) is 2.33. The second-order valence-corrected chi connectivity index (χ2v) is 6.45. The van der Waals surface area contributed by atoms with Gasteiger partial charge in [0.1, 0.15) is 5.75 Å². The first-order valence-electron chi connectivity index (χ1n) is 6.41. The van der Waals surface area contributed by atoms with E-state index in [9.17, 15) is 23.1 Å². The zero-order valence-electron chi connectivity index (χ0n) is 12.0. The van der Waals surface area contributed by atoms with Gasteiger partial charge in [0.15, 0.2) is 0 Å². The quantitative estimate of drug-likeness (QED) is 0.793. The Labute approximate surface area is 130 Å². The van der Waals surface area contributed by atoms with Crippen LogP contribution in [0.3, 0.4) is 0 Å². The van der Waals surface area contributed by atoms with Crippen LogP contribution in [-0.2, 0) is 10.2 Å². The first kappa shape index (κ1) is 16.7. The van der Waals surface area contributed by atoms with Gasteiger partial charge in [0.25, 0.3) is 0 Å². The van der Waals surface area contributed by atoms with E-state index in [1.54, 1.807) is 0 Å². The van der Waals surface area contributed by atoms with E-state index in [4.69, 9.17) is 16.3 Å². The van der Waals surface area contributed by atoms with Gasteiger partial charge in [-0.2, -0.15) is 13.2 Å². The summed E-state index contributed by atoms with van der Waals surface area (Å²) in [6.07, 6.45) is -6.52. The van der Waals surface area contributed by atoms with Crippen molar-refractivity contribution in [3.05, 3.63) is 33.9 Å². The molecule has 1 heterocycles. The molecule has 2 rings (SSSR count). The SMILES string of the molecule is CC(C)(C)c1cc2c(cc1Cl)C=C(C(=O)[O-])[C@@H](C(F)(F)F)O2. The van der Waals surface area contributed by atoms with E-state index < -0.39 is 29.2 Å². The third-order valence-electron chi connectivity index (χ3n) is 3.28. The number of carbonyl (C=O) groups is 1. The molecule has 22 heavy (non-hydrogen) atoms. The summed E-state index contributed by atoms with van der Waals surface area (Å²) >= 11 is 6.13. The lowest BCUT2D eigenvalue weighted by atomic mass is 9.85. The van der Waals surface area contributed by atoms with Crippen molar-refractivity contribution >= 4 is 23.6 Å². The summed E-state index contributed by atoms with van der Waals surface area (Å²) in [7, 11) is 0. The molecule has 0 aromatic heterocycles. The minimum Gasteiger partial charge on any atom is -0.545 e. The third-order valence-corrected chi connectivity index (χ3v) is 3.59. The lowest BCUT2D eigenvalue weighted by Gasteiger charge is -2.31. The molecule has 0 fully saturated rings. The number of rotatable bonds is 1. The number of aliphatic carboxylic acids is 1. The molecule has 7 heteroatoms. The number of benzene rings is 1. The number of ether oxygens (including phenoxy) is 1. The Morgan fingerprint density at radius 1 is 1.27 bits per heavy atom. The Morgan fingerprint density at radius 3 is 2.32 bits per heavy atom. The second kappa shape index (κ2) is 5.19. The maximum absolute atomic E-state index is 13.0. The van der Waals surface area contributed by atoms with E-state index in [1.165, 1.54) is 12.1 Å². The van der Waals surface area contributed by atoms with Crippen LogP contribution in [0.2, 0.25) is 5.02 Å². The number of hydrogen-bond acceptors (Lipinski definition) is 3. The average molecular weight is 334 g/mol. The van der Waals surface area contributed by atoms with Gasteiger partial charge in [0.05, 0.1) is 5.97 Å². The van der Waals surface area contributed by atoms with E-state index in [0.717, 1.165) is 6.08 Å². The predicted octanol–water partition coefficient (Wildman–Crippen LogP) is 3.09. The summed E-state index contributed by atoms with van der Waals surface area (Å²) in [5, 5.41) is 11.3. The minimum absolute atomic E-state index is 0.0540. The fourth-order valence-corrected chi connectivity index (χ4v) is 2.66. The van der Waals surface area contributed by atoms with Crippen LogP contribution in [0.4, 0.5) is 13.2 Å². The molecule has 1 aromatic rings. The van der Waals surface area contributed by atoms with Crippen LogP contribution >= 0.6 is 11.6 Å². The molecule has 1 atom stereocenters. The summed E-state index contributed by atoms with van der Waals surface area (Å²) in [4.78, 5) is 10.9. The van der Waals surface area contributed by atoms with Gasteiger partial charge in [-0.15, -0.1) is 0 Å². The molecule has 120 valence electrons. The highest BCUT2D eigenvalue weighted by molar-refractivity contribution is 6.31. The predicted molar refractivity (Wildman–Crippen MR) is 73.6 cm³/mol. The Bertz CT molecular complexity index is 657. The van der Waals surface area contributed by atoms with Crippen molar-refractivity contribution in [1.29, 1.82) is 0 Å². The van der Waals surface area contributed by atoms with E-state index >= 15 is 0 Å². The van der Waals surface area contributed by atoms with Gasteiger partial charge >= 0.3 is 6.18 Å². The molecular weight excluding hydrogens is 321 g/mol. The molecule has 0 bridgehead atoms. The molecular formula is C15H13ClF3O3-. The fourth-order valence-electron chi connectivity index (χ4n) is 2.20. The zero-order chi connectivity index (χ0) is 16.9. The fraction of sp³-hybridized carbons (Fsp3) is 0.400. The molecule has 0 amide bonds. The number of carbonyl (C=O) groups excluding carboxylic acids is 1. The number of carboxylic acids is 1. The lowest BCUT2D eigenvalue weighted by molar-refractivity contribution is -0.302. The summed E-state index contributed by atoms with van der Waals surface area (Å²) in [5.74, 6) is -1.98. The van der Waals surface area contributed by atoms with Gasteiger partial charge in [-0.25, -0.2) is 0 Å². The molecule has 0 unspecified atom stereocenters. The molecule has 1 aromatic carbocycles. The van der Waals surface area contributed by atoms with Gasteiger partial charge < -0.3 is 14.6 Å². The molecule has 3 nitrogen and oxygen atoms in total. The van der Waals surface area contributed by atoms with E-state index in [-0.39, 0.29) is 11.3 Å². The van der Waals surface area contributed by atoms with Gasteiger partial charge in [-0.1, -0.05) is 32.4 Å². The Balaban J connectivity index is 2.61. The maximum Gasteiger partial charge on any atom is 0.429 e. The van der Waals surface area contributed by atoms with Gasteiger partial charge in [0, 0.05) is 16.2 Å². The molecule has 0 saturated heterocycles. The zero-order valence-corrected chi connectivity index (χ0v) is 12.8. The largest absolute Gasteiger partial charge is 0.545 e. The lowest BCUT2D eigenvalue weighted by Crippen LogP contribution is -2.44. The van der Waals surface area contributed by atoms with Crippen LogP contribution in [0.15, 0.2) is 17.7 Å². The Kier molecular flexibility index (Phi) is 3.94. The third kappa shape index (κ3) is 3.06. The van der Waals surface area contributed by atoms with E-state index in [2.05, 4.69) is 0 Å². The van der Waals surface area contributed by atoms with Crippen LogP contribution in [0.1, 0.15) is 31.9 Å². The van der Waals surface area contributed by atoms with Gasteiger partial charge in [-0.3, -0.25) is 0 Å². The highest BCUT2D eigenvalue weighted by Gasteiger charge is 2.46. The van der Waals surface area contributed by atoms with E-state index in [1.807, 2.05) is 20.8 Å². The first-order valence-corrected chi connectivity index (χ1v) is 6.79. The van der Waals surface area contributed by atoms with Crippen LogP contribution < -0.4 is 9.84 Å². The normalized spacial score (nSPS) is 18.3. The van der Waals surface area contributed by atoms with E-state index in [0.29, 0.717) is 10.6 Å². The van der Waals surface area contributed by atoms with Crippen molar-refractivity contribution in [1.82, 2.24) is 0 Å². The number of halogens is 4. The molecule has 0 N–H and O–H groups in total. The molecule has 0 aliphatic carbocycles. The summed E-state index contributed by atoms with van der Waals surface area (Å²) < 4.78 is 43.8. The molecule has 1 aliphatic heterocycles. The van der Waals surface area contributed by atoms with Crippen LogP contribution in [0, 0.1) is 0 Å². The van der Waals surface area contributed by atoms with Crippen molar-refractivity contribution in [3.63, 3.8) is 0 Å². The monoisotopic (exact) mass is 333 g/mol. The highest BCUT2D eigenvalue weighted by atomic mass is 35.5. The highest BCUT2D eigenvalue weighted by Crippen LogP contribution is 2.41. The standard InChI is InChI=1S/C15H14ClF3O3/c1-14(2,3)9-6-11-7(5-10(9)16)4-8(13(20)21)12(22-11)15(17,18)19/h4-6,12H,1-3H3,(H,20,21)/p-1/t12-/m0/s1. The molecule has 0 spiro atoms. The van der Waals surface area contributed by atoms with Gasteiger partial charge in [0.2, 0.25) is 6.10 Å². The Morgan fingerprint density at radius 2 is 1.86 bits per heavy atom. The van der Waals surface area contributed by atoms with Crippen LogP contribution in [0.5, 0.6) is 5.75 Å². The smallest absolute Gasteiger partial charge is 0.429 e.